The van der Waals surface area contributed by atoms with E-state index >= 15 is 0 Å². The highest BCUT2D eigenvalue weighted by Gasteiger charge is 2.29. The second-order valence-electron chi connectivity index (χ2n) is 5.53. The van der Waals surface area contributed by atoms with Gasteiger partial charge in [0.2, 0.25) is 0 Å². The summed E-state index contributed by atoms with van der Waals surface area (Å²) >= 11 is 0. The molecule has 20 heavy (non-hydrogen) atoms. The van der Waals surface area contributed by atoms with Gasteiger partial charge in [-0.3, -0.25) is 9.59 Å². The number of nitrogens with two attached hydrogens (primary N) is 1. The lowest BCUT2D eigenvalue weighted by atomic mass is 9.87. The Balaban J connectivity index is 3.55. The number of benzene rings is 1. The molecule has 1 aromatic carbocycles. The number of anilines is 1. The van der Waals surface area contributed by atoms with Crippen molar-refractivity contribution in [2.75, 3.05) is 5.73 Å². The van der Waals surface area contributed by atoms with Crippen molar-refractivity contribution in [2.24, 2.45) is 0 Å². The van der Waals surface area contributed by atoms with E-state index in [0.29, 0.717) is 5.69 Å². The maximum Gasteiger partial charge on any atom is 0.322 e. The minimum absolute atomic E-state index is 0.0932. The molecule has 0 aliphatic rings. The first kappa shape index (κ1) is 16.0. The van der Waals surface area contributed by atoms with E-state index in [2.05, 4.69) is 0 Å². The van der Waals surface area contributed by atoms with Gasteiger partial charge in [-0.2, -0.15) is 0 Å². The molecule has 5 heteroatoms. The van der Waals surface area contributed by atoms with Crippen LogP contribution in [0, 0.1) is 0 Å². The minimum atomic E-state index is -1.56. The molecular weight excluding hydrogens is 258 g/mol. The second kappa shape index (κ2) is 5.94. The SMILES string of the molecule is CC(C)c1cc(C(C(=O)O)C(=O)O)cc(C(C)C)c1N. The Kier molecular flexibility index (Phi) is 4.76. The summed E-state index contributed by atoms with van der Waals surface area (Å²) in [6, 6.07) is 3.19. The lowest BCUT2D eigenvalue weighted by Crippen LogP contribution is -2.22. The smallest absolute Gasteiger partial charge is 0.322 e. The molecule has 1 rings (SSSR count). The van der Waals surface area contributed by atoms with Crippen LogP contribution >= 0.6 is 0 Å². The number of rotatable bonds is 5. The van der Waals surface area contributed by atoms with Crippen molar-refractivity contribution in [3.63, 3.8) is 0 Å². The third-order valence-electron chi connectivity index (χ3n) is 3.34. The van der Waals surface area contributed by atoms with Crippen LogP contribution in [0.5, 0.6) is 0 Å². The highest BCUT2D eigenvalue weighted by atomic mass is 16.4. The molecule has 0 saturated heterocycles. The molecule has 110 valence electrons. The summed E-state index contributed by atoms with van der Waals surface area (Å²) in [5, 5.41) is 18.2. The van der Waals surface area contributed by atoms with Crippen molar-refractivity contribution in [3.05, 3.63) is 28.8 Å². The van der Waals surface area contributed by atoms with E-state index in [0.717, 1.165) is 11.1 Å². The monoisotopic (exact) mass is 279 g/mol. The van der Waals surface area contributed by atoms with E-state index in [1.54, 1.807) is 12.1 Å². The molecule has 0 amide bonds. The van der Waals surface area contributed by atoms with Gasteiger partial charge in [-0.05, 0) is 28.5 Å². The maximum absolute atomic E-state index is 11.2. The van der Waals surface area contributed by atoms with Crippen molar-refractivity contribution >= 4 is 17.6 Å². The van der Waals surface area contributed by atoms with Gasteiger partial charge in [-0.15, -0.1) is 0 Å². The molecule has 0 atom stereocenters. The molecule has 0 radical (unpaired) electrons. The Bertz CT molecular complexity index is 492. The molecular formula is C15H21NO4. The average molecular weight is 279 g/mol. The van der Waals surface area contributed by atoms with Crippen molar-refractivity contribution < 1.29 is 19.8 Å². The molecule has 0 fully saturated rings. The summed E-state index contributed by atoms with van der Waals surface area (Å²) in [5.41, 5.74) is 8.58. The van der Waals surface area contributed by atoms with Crippen molar-refractivity contribution in [2.45, 2.75) is 45.4 Å². The van der Waals surface area contributed by atoms with Crippen LogP contribution in [-0.2, 0) is 9.59 Å². The number of carboxylic acids is 2. The Morgan fingerprint density at radius 3 is 1.55 bits per heavy atom. The Morgan fingerprint density at radius 1 is 0.950 bits per heavy atom. The summed E-state index contributed by atoms with van der Waals surface area (Å²) in [6.45, 7) is 7.76. The van der Waals surface area contributed by atoms with Gasteiger partial charge >= 0.3 is 11.9 Å². The van der Waals surface area contributed by atoms with Crippen LogP contribution in [0.15, 0.2) is 12.1 Å². The topological polar surface area (TPSA) is 101 Å². The highest BCUT2D eigenvalue weighted by molar-refractivity contribution is 5.99. The predicted octanol–water partition coefficient (Wildman–Crippen LogP) is 2.77. The van der Waals surface area contributed by atoms with E-state index < -0.39 is 17.9 Å². The molecule has 5 nitrogen and oxygen atoms in total. The van der Waals surface area contributed by atoms with E-state index in [1.807, 2.05) is 27.7 Å². The fourth-order valence-corrected chi connectivity index (χ4v) is 2.24. The summed E-state index contributed by atoms with van der Waals surface area (Å²) in [4.78, 5) is 22.4. The molecule has 1 aromatic rings. The van der Waals surface area contributed by atoms with Crippen LogP contribution in [0.3, 0.4) is 0 Å². The first-order valence-electron chi connectivity index (χ1n) is 6.55. The van der Waals surface area contributed by atoms with Crippen LogP contribution in [-0.4, -0.2) is 22.2 Å². The molecule has 0 unspecified atom stereocenters. The van der Waals surface area contributed by atoms with Gasteiger partial charge in [0.05, 0.1) is 0 Å². The van der Waals surface area contributed by atoms with Gasteiger partial charge in [-0.1, -0.05) is 39.8 Å². The van der Waals surface area contributed by atoms with Gasteiger partial charge in [0.25, 0.3) is 0 Å². The standard InChI is InChI=1S/C15H21NO4/c1-7(2)10-5-9(12(14(17)18)15(19)20)6-11(8(3)4)13(10)16/h5-8,12H,16H2,1-4H3,(H,17,18)(H,19,20). The fourth-order valence-electron chi connectivity index (χ4n) is 2.24. The van der Waals surface area contributed by atoms with Crippen LogP contribution in [0.25, 0.3) is 0 Å². The zero-order chi connectivity index (χ0) is 15.6. The summed E-state index contributed by atoms with van der Waals surface area (Å²) < 4.78 is 0. The Morgan fingerprint density at radius 2 is 1.30 bits per heavy atom. The number of carbonyl (C=O) groups is 2. The normalized spacial score (nSPS) is 11.3. The Labute approximate surface area is 118 Å². The zero-order valence-electron chi connectivity index (χ0n) is 12.2. The lowest BCUT2D eigenvalue weighted by Gasteiger charge is -2.20. The van der Waals surface area contributed by atoms with Gasteiger partial charge in [-0.25, -0.2) is 0 Å². The number of nitrogen functional groups attached to an aromatic ring is 1. The van der Waals surface area contributed by atoms with Crippen molar-refractivity contribution in [3.8, 4) is 0 Å². The minimum Gasteiger partial charge on any atom is -0.480 e. The number of hydrogen-bond donors (Lipinski definition) is 3. The van der Waals surface area contributed by atoms with Crippen LogP contribution in [0.2, 0.25) is 0 Å². The van der Waals surface area contributed by atoms with E-state index in [-0.39, 0.29) is 17.4 Å². The van der Waals surface area contributed by atoms with E-state index in [9.17, 15) is 9.59 Å². The molecule has 0 heterocycles. The average Bonchev–Trinajstić information content (AvgIpc) is 2.29. The maximum atomic E-state index is 11.2. The Hall–Kier alpha value is -2.04. The summed E-state index contributed by atoms with van der Waals surface area (Å²) in [5.74, 6) is -4.12. The summed E-state index contributed by atoms with van der Waals surface area (Å²) in [7, 11) is 0. The van der Waals surface area contributed by atoms with Crippen molar-refractivity contribution in [1.29, 1.82) is 0 Å². The van der Waals surface area contributed by atoms with Gasteiger partial charge in [0, 0.05) is 5.69 Å². The molecule has 0 aromatic heterocycles. The molecule has 0 spiro atoms. The highest BCUT2D eigenvalue weighted by Crippen LogP contribution is 2.34. The quantitative estimate of drug-likeness (QED) is 0.568. The molecule has 0 bridgehead atoms. The van der Waals surface area contributed by atoms with Gasteiger partial charge < -0.3 is 15.9 Å². The number of carboxylic acid groups (broad SMARTS) is 2. The first-order valence-corrected chi connectivity index (χ1v) is 6.55. The molecule has 0 aliphatic carbocycles. The first-order chi connectivity index (χ1) is 9.16. The third-order valence-corrected chi connectivity index (χ3v) is 3.34. The predicted molar refractivity (Wildman–Crippen MR) is 77.0 cm³/mol. The van der Waals surface area contributed by atoms with Gasteiger partial charge in [0.15, 0.2) is 5.92 Å². The van der Waals surface area contributed by atoms with E-state index in [4.69, 9.17) is 15.9 Å². The summed E-state index contributed by atoms with van der Waals surface area (Å²) in [6.07, 6.45) is 0. The van der Waals surface area contributed by atoms with Crippen molar-refractivity contribution in [1.82, 2.24) is 0 Å². The van der Waals surface area contributed by atoms with Crippen LogP contribution in [0.1, 0.15) is 62.1 Å². The van der Waals surface area contributed by atoms with Gasteiger partial charge in [0.1, 0.15) is 0 Å². The third kappa shape index (κ3) is 3.10. The largest absolute Gasteiger partial charge is 0.480 e. The van der Waals surface area contributed by atoms with Crippen LogP contribution in [0.4, 0.5) is 5.69 Å². The van der Waals surface area contributed by atoms with Crippen LogP contribution < -0.4 is 5.73 Å². The second-order valence-corrected chi connectivity index (χ2v) is 5.53. The van der Waals surface area contributed by atoms with E-state index in [1.165, 1.54) is 0 Å². The molecule has 0 aliphatic heterocycles. The molecule has 0 saturated carbocycles. The molecule has 4 N–H and O–H groups in total. The lowest BCUT2D eigenvalue weighted by molar-refractivity contribution is -0.150. The zero-order valence-corrected chi connectivity index (χ0v) is 12.2. The number of hydrogen-bond acceptors (Lipinski definition) is 3. The fraction of sp³-hybridized carbons (Fsp3) is 0.467. The number of aliphatic carboxylic acids is 2.